The molecule has 3 heterocycles. The Bertz CT molecular complexity index is 552. The van der Waals surface area contributed by atoms with E-state index in [1.165, 1.54) is 6.33 Å². The molecule has 2 aromatic heterocycles. The lowest BCUT2D eigenvalue weighted by atomic mass is 10.2. The fourth-order valence-corrected chi connectivity index (χ4v) is 2.78. The maximum atomic E-state index is 5.99. The van der Waals surface area contributed by atoms with Gasteiger partial charge in [-0.2, -0.15) is 0 Å². The van der Waals surface area contributed by atoms with E-state index in [9.17, 15) is 0 Å². The molecule has 0 amide bonds. The monoisotopic (exact) mass is 316 g/mol. The van der Waals surface area contributed by atoms with Crippen molar-refractivity contribution in [1.82, 2.24) is 19.5 Å². The molecule has 0 N–H and O–H groups in total. The van der Waals surface area contributed by atoms with Gasteiger partial charge in [-0.1, -0.05) is 11.6 Å². The first-order chi connectivity index (χ1) is 8.27. The van der Waals surface area contributed by atoms with Crippen LogP contribution in [0.2, 0.25) is 5.15 Å². The fourth-order valence-electron chi connectivity index (χ4n) is 2.04. The van der Waals surface area contributed by atoms with E-state index in [0.29, 0.717) is 21.1 Å². The standard InChI is InChI=1S/C10H10BrClN4O/c11-10-15-7-8(12)13-5-14-9(7)16(10)6-3-1-2-4-17-6/h5-6H,1-4H2/t6-/m1/s1. The van der Waals surface area contributed by atoms with Crippen LogP contribution < -0.4 is 0 Å². The molecule has 2 aromatic rings. The van der Waals surface area contributed by atoms with Crippen LogP contribution in [0.4, 0.5) is 0 Å². The molecule has 1 aliphatic rings. The molecule has 90 valence electrons. The topological polar surface area (TPSA) is 52.8 Å². The van der Waals surface area contributed by atoms with Gasteiger partial charge in [0.05, 0.1) is 0 Å². The molecular weight excluding hydrogens is 307 g/mol. The summed E-state index contributed by atoms with van der Waals surface area (Å²) in [5.41, 5.74) is 1.32. The second-order valence-electron chi connectivity index (χ2n) is 3.91. The molecule has 0 spiro atoms. The van der Waals surface area contributed by atoms with Gasteiger partial charge in [0.15, 0.2) is 15.5 Å². The number of aromatic nitrogens is 4. The summed E-state index contributed by atoms with van der Waals surface area (Å²) in [4.78, 5) is 12.5. The van der Waals surface area contributed by atoms with Crippen LogP contribution in [0.15, 0.2) is 11.1 Å². The van der Waals surface area contributed by atoms with Gasteiger partial charge >= 0.3 is 0 Å². The number of halogens is 2. The minimum Gasteiger partial charge on any atom is -0.358 e. The smallest absolute Gasteiger partial charge is 0.181 e. The van der Waals surface area contributed by atoms with Gasteiger partial charge in [0, 0.05) is 6.61 Å². The van der Waals surface area contributed by atoms with Gasteiger partial charge in [0.1, 0.15) is 18.1 Å². The first-order valence-corrected chi connectivity index (χ1v) is 6.60. The van der Waals surface area contributed by atoms with Crippen LogP contribution in [-0.4, -0.2) is 26.1 Å². The van der Waals surface area contributed by atoms with Crippen molar-refractivity contribution < 1.29 is 4.74 Å². The molecule has 0 unspecified atom stereocenters. The van der Waals surface area contributed by atoms with Crippen LogP contribution in [0.25, 0.3) is 11.2 Å². The average Bonchev–Trinajstić information content (AvgIpc) is 2.68. The molecule has 0 saturated carbocycles. The Labute approximate surface area is 111 Å². The van der Waals surface area contributed by atoms with Crippen molar-refractivity contribution in [2.24, 2.45) is 0 Å². The van der Waals surface area contributed by atoms with Crippen molar-refractivity contribution in [2.45, 2.75) is 25.5 Å². The maximum absolute atomic E-state index is 5.99. The zero-order chi connectivity index (χ0) is 11.8. The first kappa shape index (κ1) is 11.4. The van der Waals surface area contributed by atoms with Gasteiger partial charge < -0.3 is 4.74 Å². The Morgan fingerprint density at radius 3 is 3.06 bits per heavy atom. The lowest BCUT2D eigenvalue weighted by Gasteiger charge is -2.24. The molecule has 7 heteroatoms. The first-order valence-electron chi connectivity index (χ1n) is 5.43. The van der Waals surface area contributed by atoms with Gasteiger partial charge in [0.25, 0.3) is 0 Å². The quantitative estimate of drug-likeness (QED) is 0.599. The van der Waals surface area contributed by atoms with Crippen LogP contribution in [0, 0.1) is 0 Å². The Morgan fingerprint density at radius 2 is 2.29 bits per heavy atom. The maximum Gasteiger partial charge on any atom is 0.181 e. The van der Waals surface area contributed by atoms with E-state index >= 15 is 0 Å². The predicted molar refractivity (Wildman–Crippen MR) is 66.9 cm³/mol. The molecule has 1 fully saturated rings. The summed E-state index contributed by atoms with van der Waals surface area (Å²) in [7, 11) is 0. The van der Waals surface area contributed by atoms with Crippen molar-refractivity contribution in [2.75, 3.05) is 6.61 Å². The lowest BCUT2D eigenvalue weighted by Crippen LogP contribution is -2.18. The SMILES string of the molecule is Clc1ncnc2c1nc(Br)n2[C@H]1CCCCO1. The van der Waals surface area contributed by atoms with E-state index in [0.717, 1.165) is 25.9 Å². The molecule has 17 heavy (non-hydrogen) atoms. The summed E-state index contributed by atoms with van der Waals surface area (Å²) in [5, 5.41) is 0.366. The molecule has 1 atom stereocenters. The van der Waals surface area contributed by atoms with Crippen LogP contribution >= 0.6 is 27.5 Å². The number of imidazole rings is 1. The number of hydrogen-bond acceptors (Lipinski definition) is 4. The zero-order valence-electron chi connectivity index (χ0n) is 8.94. The molecule has 0 bridgehead atoms. The third-order valence-electron chi connectivity index (χ3n) is 2.83. The molecular formula is C10H10BrClN4O. The summed E-state index contributed by atoms with van der Waals surface area (Å²) < 4.78 is 8.36. The second kappa shape index (κ2) is 4.51. The Balaban J connectivity index is 2.14. The number of fused-ring (bicyclic) bond motifs is 1. The predicted octanol–water partition coefficient (Wildman–Crippen LogP) is 2.94. The molecule has 3 rings (SSSR count). The highest BCUT2D eigenvalue weighted by Gasteiger charge is 2.22. The van der Waals surface area contributed by atoms with Gasteiger partial charge in [-0.25, -0.2) is 15.0 Å². The highest BCUT2D eigenvalue weighted by molar-refractivity contribution is 9.10. The van der Waals surface area contributed by atoms with Crippen LogP contribution in [0.3, 0.4) is 0 Å². The van der Waals surface area contributed by atoms with Crippen LogP contribution in [0.5, 0.6) is 0 Å². The van der Waals surface area contributed by atoms with E-state index in [4.69, 9.17) is 16.3 Å². The van der Waals surface area contributed by atoms with Crippen LogP contribution in [0.1, 0.15) is 25.5 Å². The zero-order valence-corrected chi connectivity index (χ0v) is 11.3. The molecule has 5 nitrogen and oxygen atoms in total. The minimum atomic E-state index is -0.0194. The Morgan fingerprint density at radius 1 is 1.41 bits per heavy atom. The summed E-state index contributed by atoms with van der Waals surface area (Å²) in [5.74, 6) is 0. The van der Waals surface area contributed by atoms with E-state index in [1.807, 2.05) is 4.57 Å². The molecule has 0 radical (unpaired) electrons. The largest absolute Gasteiger partial charge is 0.358 e. The highest BCUT2D eigenvalue weighted by Crippen LogP contribution is 2.31. The van der Waals surface area contributed by atoms with Crippen molar-refractivity contribution in [3.8, 4) is 0 Å². The number of nitrogens with zero attached hydrogens (tertiary/aromatic N) is 4. The summed E-state index contributed by atoms with van der Waals surface area (Å²) >= 11 is 9.42. The number of hydrogen-bond donors (Lipinski definition) is 0. The highest BCUT2D eigenvalue weighted by atomic mass is 79.9. The van der Waals surface area contributed by atoms with Crippen molar-refractivity contribution in [1.29, 1.82) is 0 Å². The van der Waals surface area contributed by atoms with Gasteiger partial charge in [-0.3, -0.25) is 4.57 Å². The lowest BCUT2D eigenvalue weighted by molar-refractivity contribution is -0.0311. The van der Waals surface area contributed by atoms with Gasteiger partial charge in [-0.15, -0.1) is 0 Å². The molecule has 1 aliphatic heterocycles. The fraction of sp³-hybridized carbons (Fsp3) is 0.500. The van der Waals surface area contributed by atoms with Gasteiger partial charge in [0.2, 0.25) is 0 Å². The average molecular weight is 318 g/mol. The van der Waals surface area contributed by atoms with Crippen molar-refractivity contribution >= 4 is 38.7 Å². The molecule has 1 saturated heterocycles. The van der Waals surface area contributed by atoms with Crippen LogP contribution in [-0.2, 0) is 4.74 Å². The van der Waals surface area contributed by atoms with E-state index < -0.39 is 0 Å². The van der Waals surface area contributed by atoms with Crippen molar-refractivity contribution in [3.05, 3.63) is 16.2 Å². The molecule has 0 aliphatic carbocycles. The Kier molecular flexibility index (Phi) is 3.02. The Hall–Kier alpha value is -0.720. The minimum absolute atomic E-state index is 0.0194. The van der Waals surface area contributed by atoms with E-state index in [-0.39, 0.29) is 6.23 Å². The molecule has 0 aromatic carbocycles. The number of ether oxygens (including phenoxy) is 1. The van der Waals surface area contributed by atoms with E-state index in [1.54, 1.807) is 0 Å². The summed E-state index contributed by atoms with van der Waals surface area (Å²) in [6, 6.07) is 0. The van der Waals surface area contributed by atoms with Crippen molar-refractivity contribution in [3.63, 3.8) is 0 Å². The third-order valence-corrected chi connectivity index (χ3v) is 3.67. The summed E-state index contributed by atoms with van der Waals surface area (Å²) in [6.07, 6.45) is 4.64. The summed E-state index contributed by atoms with van der Waals surface area (Å²) in [6.45, 7) is 0.773. The number of rotatable bonds is 1. The van der Waals surface area contributed by atoms with E-state index in [2.05, 4.69) is 30.9 Å². The van der Waals surface area contributed by atoms with Gasteiger partial charge in [-0.05, 0) is 35.2 Å². The normalized spacial score (nSPS) is 20.9. The third kappa shape index (κ3) is 1.94. The second-order valence-corrected chi connectivity index (χ2v) is 4.98.